The first-order valence-electron chi connectivity index (χ1n) is 10.00. The summed E-state index contributed by atoms with van der Waals surface area (Å²) in [6, 6.07) is 9.71. The zero-order valence-corrected chi connectivity index (χ0v) is 16.8. The number of hydrogen-bond acceptors (Lipinski definition) is 3. The maximum absolute atomic E-state index is 6.08. The summed E-state index contributed by atoms with van der Waals surface area (Å²) >= 11 is 0. The second-order valence-electron chi connectivity index (χ2n) is 9.18. The predicted octanol–water partition coefficient (Wildman–Crippen LogP) is 4.49. The minimum Gasteiger partial charge on any atom is -0.373 e. The number of hydrogen-bond donors (Lipinski definition) is 0. The van der Waals surface area contributed by atoms with Gasteiger partial charge >= 0.3 is 0 Å². The van der Waals surface area contributed by atoms with Crippen LogP contribution in [0.15, 0.2) is 24.3 Å². The van der Waals surface area contributed by atoms with Crippen molar-refractivity contribution in [3.63, 3.8) is 0 Å². The van der Waals surface area contributed by atoms with Crippen LogP contribution in [-0.2, 0) is 4.74 Å². The topological polar surface area (TPSA) is 15.7 Å². The van der Waals surface area contributed by atoms with Crippen molar-refractivity contribution in [2.45, 2.75) is 71.1 Å². The molecule has 0 unspecified atom stereocenters. The van der Waals surface area contributed by atoms with Crippen LogP contribution in [0.3, 0.4) is 0 Å². The Morgan fingerprint density at radius 3 is 2.24 bits per heavy atom. The van der Waals surface area contributed by atoms with Gasteiger partial charge in [0, 0.05) is 31.4 Å². The molecule has 1 saturated carbocycles. The van der Waals surface area contributed by atoms with Crippen molar-refractivity contribution in [1.29, 1.82) is 0 Å². The van der Waals surface area contributed by atoms with Gasteiger partial charge in [0.15, 0.2) is 0 Å². The number of piperidine rings is 1. The van der Waals surface area contributed by atoms with Crippen LogP contribution in [0.25, 0.3) is 0 Å². The molecular formula is C22H36N2O. The van der Waals surface area contributed by atoms with Crippen molar-refractivity contribution in [2.75, 3.05) is 31.6 Å². The zero-order chi connectivity index (χ0) is 18.0. The third-order valence-electron chi connectivity index (χ3n) is 5.77. The normalized spacial score (nSPS) is 25.3. The molecule has 0 atom stereocenters. The fourth-order valence-corrected chi connectivity index (χ4v) is 4.18. The molecule has 0 aromatic heterocycles. The van der Waals surface area contributed by atoms with Crippen molar-refractivity contribution in [1.82, 2.24) is 4.90 Å². The Kier molecular flexibility index (Phi) is 5.75. The molecule has 140 valence electrons. The Bertz CT molecular complexity index is 534. The van der Waals surface area contributed by atoms with Crippen LogP contribution in [0.5, 0.6) is 0 Å². The van der Waals surface area contributed by atoms with Gasteiger partial charge in [0.25, 0.3) is 0 Å². The molecule has 3 rings (SSSR count). The monoisotopic (exact) mass is 344 g/mol. The first-order chi connectivity index (χ1) is 11.8. The molecule has 1 aliphatic carbocycles. The largest absolute Gasteiger partial charge is 0.373 e. The summed E-state index contributed by atoms with van der Waals surface area (Å²) in [6.07, 6.45) is 5.50. The number of nitrogens with zero attached hydrogens (tertiary/aromatic N) is 2. The van der Waals surface area contributed by atoms with Gasteiger partial charge in [0.2, 0.25) is 0 Å². The van der Waals surface area contributed by atoms with Crippen LogP contribution in [0.2, 0.25) is 0 Å². The summed E-state index contributed by atoms with van der Waals surface area (Å²) in [5, 5.41) is 0. The smallest absolute Gasteiger partial charge is 0.0612 e. The highest BCUT2D eigenvalue weighted by atomic mass is 16.5. The maximum Gasteiger partial charge on any atom is 0.0612 e. The summed E-state index contributed by atoms with van der Waals surface area (Å²) in [5.41, 5.74) is 2.73. The van der Waals surface area contributed by atoms with Crippen molar-refractivity contribution in [3.05, 3.63) is 29.8 Å². The second-order valence-corrected chi connectivity index (χ2v) is 9.18. The van der Waals surface area contributed by atoms with Crippen molar-refractivity contribution >= 4 is 5.69 Å². The molecular weight excluding hydrogens is 308 g/mol. The first-order valence-corrected chi connectivity index (χ1v) is 10.00. The van der Waals surface area contributed by atoms with Crippen LogP contribution >= 0.6 is 0 Å². The van der Waals surface area contributed by atoms with E-state index >= 15 is 0 Å². The third-order valence-corrected chi connectivity index (χ3v) is 5.77. The molecule has 0 N–H and O–H groups in total. The van der Waals surface area contributed by atoms with Gasteiger partial charge in [-0.25, -0.2) is 0 Å². The van der Waals surface area contributed by atoms with Gasteiger partial charge in [-0.15, -0.1) is 0 Å². The lowest BCUT2D eigenvalue weighted by molar-refractivity contribution is -0.118. The first kappa shape index (κ1) is 18.7. The van der Waals surface area contributed by atoms with E-state index in [4.69, 9.17) is 4.74 Å². The van der Waals surface area contributed by atoms with Crippen LogP contribution < -0.4 is 4.90 Å². The van der Waals surface area contributed by atoms with Gasteiger partial charge in [-0.05, 0) is 78.5 Å². The Labute approximate surface area is 154 Å². The molecule has 2 fully saturated rings. The maximum atomic E-state index is 6.08. The summed E-state index contributed by atoms with van der Waals surface area (Å²) in [6.45, 7) is 12.3. The van der Waals surface area contributed by atoms with E-state index in [9.17, 15) is 0 Å². The highest BCUT2D eigenvalue weighted by Gasteiger charge is 2.36. The van der Waals surface area contributed by atoms with E-state index < -0.39 is 0 Å². The average Bonchev–Trinajstić information content (AvgIpc) is 2.51. The van der Waals surface area contributed by atoms with Gasteiger partial charge in [0.1, 0.15) is 0 Å². The zero-order valence-electron chi connectivity index (χ0n) is 16.8. The van der Waals surface area contributed by atoms with Gasteiger partial charge in [0.05, 0.1) is 11.7 Å². The highest BCUT2D eigenvalue weighted by Crippen LogP contribution is 2.32. The molecule has 0 amide bonds. The molecule has 1 aromatic rings. The quantitative estimate of drug-likeness (QED) is 0.783. The Morgan fingerprint density at radius 1 is 1.08 bits per heavy atom. The van der Waals surface area contributed by atoms with Crippen molar-refractivity contribution < 1.29 is 4.74 Å². The van der Waals surface area contributed by atoms with E-state index in [1.807, 2.05) is 0 Å². The average molecular weight is 345 g/mol. The van der Waals surface area contributed by atoms with Crippen molar-refractivity contribution in [3.8, 4) is 0 Å². The van der Waals surface area contributed by atoms with E-state index in [1.54, 1.807) is 0 Å². The molecule has 0 bridgehead atoms. The molecule has 1 aliphatic heterocycles. The minimum atomic E-state index is -0.00296. The lowest BCUT2D eigenvalue weighted by Gasteiger charge is -2.45. The molecule has 3 nitrogen and oxygen atoms in total. The number of anilines is 1. The number of aryl methyl sites for hydroxylation is 1. The summed E-state index contributed by atoms with van der Waals surface area (Å²) in [4.78, 5) is 5.14. The highest BCUT2D eigenvalue weighted by molar-refractivity contribution is 5.47. The molecule has 0 spiro atoms. The van der Waals surface area contributed by atoms with Gasteiger partial charge in [-0.3, -0.25) is 0 Å². The lowest BCUT2D eigenvalue weighted by atomic mass is 9.86. The van der Waals surface area contributed by atoms with Gasteiger partial charge < -0.3 is 14.5 Å². The molecule has 25 heavy (non-hydrogen) atoms. The fourth-order valence-electron chi connectivity index (χ4n) is 4.18. The molecule has 1 saturated heterocycles. The number of benzene rings is 1. The minimum absolute atomic E-state index is 0.00296. The van der Waals surface area contributed by atoms with E-state index in [0.717, 1.165) is 12.0 Å². The van der Waals surface area contributed by atoms with Crippen LogP contribution in [0.4, 0.5) is 5.69 Å². The Hall–Kier alpha value is -1.06. The molecule has 1 heterocycles. The standard InChI is InChI=1S/C22H36N2O/c1-17-6-8-19(9-7-17)24-12-10-18(11-13-24)16-23(5)20-14-21(15-20)25-22(2,3)4/h6-9,18,20-21H,10-16H2,1-5H3. The van der Waals surface area contributed by atoms with Crippen LogP contribution in [0.1, 0.15) is 52.0 Å². The number of rotatable bonds is 5. The Morgan fingerprint density at radius 2 is 1.68 bits per heavy atom. The molecule has 1 aromatic carbocycles. The van der Waals surface area contributed by atoms with Crippen LogP contribution in [0, 0.1) is 12.8 Å². The van der Waals surface area contributed by atoms with E-state index in [1.165, 1.54) is 56.6 Å². The van der Waals surface area contributed by atoms with Gasteiger partial charge in [-0.2, -0.15) is 0 Å². The summed E-state index contributed by atoms with van der Waals surface area (Å²) < 4.78 is 6.08. The van der Waals surface area contributed by atoms with E-state index in [2.05, 4.69) is 68.8 Å². The summed E-state index contributed by atoms with van der Waals surface area (Å²) in [7, 11) is 2.31. The SMILES string of the molecule is Cc1ccc(N2CCC(CN(C)C3CC(OC(C)(C)C)C3)CC2)cc1. The third kappa shape index (κ3) is 5.21. The van der Waals surface area contributed by atoms with Crippen molar-refractivity contribution in [2.24, 2.45) is 5.92 Å². The van der Waals surface area contributed by atoms with E-state index in [-0.39, 0.29) is 5.60 Å². The summed E-state index contributed by atoms with van der Waals surface area (Å²) in [5.74, 6) is 0.842. The Balaban J connectivity index is 1.38. The van der Waals surface area contributed by atoms with Gasteiger partial charge in [-0.1, -0.05) is 17.7 Å². The second kappa shape index (κ2) is 7.67. The molecule has 2 aliphatic rings. The fraction of sp³-hybridized carbons (Fsp3) is 0.727. The molecule has 3 heteroatoms. The lowest BCUT2D eigenvalue weighted by Crippen LogP contribution is -2.50. The van der Waals surface area contributed by atoms with Crippen LogP contribution in [-0.4, -0.2) is 49.3 Å². The predicted molar refractivity (Wildman–Crippen MR) is 106 cm³/mol. The molecule has 0 radical (unpaired) electrons. The number of ether oxygens (including phenoxy) is 1. The van der Waals surface area contributed by atoms with E-state index in [0.29, 0.717) is 6.10 Å².